The predicted molar refractivity (Wildman–Crippen MR) is 79.5 cm³/mol. The number of ether oxygens (including phenoxy) is 1. The number of nitrogens with zero attached hydrogens (tertiary/aromatic N) is 2. The molecule has 21 heavy (non-hydrogen) atoms. The summed E-state index contributed by atoms with van der Waals surface area (Å²) in [6.45, 7) is 4.55. The average Bonchev–Trinajstić information content (AvgIpc) is 2.42. The summed E-state index contributed by atoms with van der Waals surface area (Å²) in [5.74, 6) is 1.62. The first kappa shape index (κ1) is 14.3. The molecule has 114 valence electrons. The molecule has 0 aromatic carbocycles. The zero-order valence-electron chi connectivity index (χ0n) is 12.6. The molecule has 1 aliphatic carbocycles. The van der Waals surface area contributed by atoms with Gasteiger partial charge in [-0.05, 0) is 44.2 Å². The molecule has 5 nitrogen and oxygen atoms in total. The Bertz CT molecular complexity index is 548. The van der Waals surface area contributed by atoms with Crippen LogP contribution >= 0.6 is 0 Å². The van der Waals surface area contributed by atoms with E-state index in [9.17, 15) is 9.90 Å². The van der Waals surface area contributed by atoms with Crippen LogP contribution in [0.1, 0.15) is 45.1 Å². The average molecular weight is 290 g/mol. The maximum absolute atomic E-state index is 12.2. The van der Waals surface area contributed by atoms with E-state index in [2.05, 4.69) is 11.9 Å². The Morgan fingerprint density at radius 3 is 2.90 bits per heavy atom. The van der Waals surface area contributed by atoms with Crippen LogP contribution in [0.4, 0.5) is 5.82 Å². The van der Waals surface area contributed by atoms with Crippen molar-refractivity contribution in [3.05, 3.63) is 17.8 Å². The number of aromatic nitrogens is 1. The van der Waals surface area contributed by atoms with Crippen LogP contribution in [0.15, 0.2) is 12.3 Å². The van der Waals surface area contributed by atoms with Crippen LogP contribution in [0, 0.1) is 0 Å². The number of amides is 1. The Labute approximate surface area is 124 Å². The van der Waals surface area contributed by atoms with Gasteiger partial charge in [0.25, 0.3) is 0 Å². The molecule has 1 saturated carbocycles. The largest absolute Gasteiger partial charge is 0.492 e. The minimum Gasteiger partial charge on any atom is -0.492 e. The first-order chi connectivity index (χ1) is 10.00. The van der Waals surface area contributed by atoms with E-state index in [1.54, 1.807) is 11.1 Å². The number of carbonyl (C=O) groups excluding carboxylic acids is 1. The number of aliphatic hydroxyl groups is 1. The highest BCUT2D eigenvalue weighted by molar-refractivity contribution is 5.96. The molecule has 1 aromatic rings. The molecule has 0 radical (unpaired) electrons. The summed E-state index contributed by atoms with van der Waals surface area (Å²) in [5.41, 5.74) is 0.418. The van der Waals surface area contributed by atoms with Crippen LogP contribution < -0.4 is 9.64 Å². The summed E-state index contributed by atoms with van der Waals surface area (Å²) >= 11 is 0. The minimum atomic E-state index is -0.646. The summed E-state index contributed by atoms with van der Waals surface area (Å²) in [6, 6.07) is 2.07. The van der Waals surface area contributed by atoms with Crippen LogP contribution in [0.3, 0.4) is 0 Å². The smallest absolute Gasteiger partial charge is 0.228 e. The highest BCUT2D eigenvalue weighted by Gasteiger charge is 2.45. The van der Waals surface area contributed by atoms with Gasteiger partial charge in [0.05, 0.1) is 18.4 Å². The van der Waals surface area contributed by atoms with Gasteiger partial charge in [0.2, 0.25) is 5.91 Å². The highest BCUT2D eigenvalue weighted by Crippen LogP contribution is 2.40. The van der Waals surface area contributed by atoms with Gasteiger partial charge in [-0.2, -0.15) is 0 Å². The predicted octanol–water partition coefficient (Wildman–Crippen LogP) is 2.06. The van der Waals surface area contributed by atoms with Crippen molar-refractivity contribution in [2.24, 2.45) is 0 Å². The minimum absolute atomic E-state index is 0.0708. The van der Waals surface area contributed by atoms with E-state index in [1.807, 2.05) is 13.0 Å². The van der Waals surface area contributed by atoms with E-state index in [1.165, 1.54) is 0 Å². The van der Waals surface area contributed by atoms with Crippen molar-refractivity contribution in [2.45, 2.75) is 57.6 Å². The molecular weight excluding hydrogens is 268 g/mol. The molecule has 3 rings (SSSR count). The summed E-state index contributed by atoms with van der Waals surface area (Å²) in [7, 11) is 0. The topological polar surface area (TPSA) is 62.7 Å². The monoisotopic (exact) mass is 290 g/mol. The molecule has 0 atom stereocenters. The van der Waals surface area contributed by atoms with E-state index >= 15 is 0 Å². The summed E-state index contributed by atoms with van der Waals surface area (Å²) in [5, 5.41) is 9.91. The number of rotatable bonds is 4. The van der Waals surface area contributed by atoms with Gasteiger partial charge in [0.1, 0.15) is 11.6 Å². The van der Waals surface area contributed by atoms with E-state index in [4.69, 9.17) is 4.74 Å². The van der Waals surface area contributed by atoms with E-state index < -0.39 is 5.60 Å². The van der Waals surface area contributed by atoms with Crippen molar-refractivity contribution in [2.75, 3.05) is 11.5 Å². The SMILES string of the molecule is CCCOc1cnc2c(c1)CCC(=O)N2[C@H]1C[C@](C)(O)C1. The number of anilines is 1. The number of hydrogen-bond acceptors (Lipinski definition) is 4. The number of aryl methyl sites for hydroxylation is 1. The number of hydrogen-bond donors (Lipinski definition) is 1. The van der Waals surface area contributed by atoms with Crippen molar-refractivity contribution >= 4 is 11.7 Å². The molecule has 1 amide bonds. The molecule has 0 unspecified atom stereocenters. The Kier molecular flexibility index (Phi) is 3.61. The quantitative estimate of drug-likeness (QED) is 0.922. The molecular formula is C16H22N2O3. The third-order valence-corrected chi connectivity index (χ3v) is 4.21. The molecule has 1 N–H and O–H groups in total. The fourth-order valence-corrected chi connectivity index (χ4v) is 3.18. The zero-order valence-corrected chi connectivity index (χ0v) is 12.6. The Hall–Kier alpha value is -1.62. The summed E-state index contributed by atoms with van der Waals surface area (Å²) in [4.78, 5) is 18.5. The second-order valence-corrected chi connectivity index (χ2v) is 6.32. The Morgan fingerprint density at radius 1 is 1.48 bits per heavy atom. The first-order valence-electron chi connectivity index (χ1n) is 7.66. The van der Waals surface area contributed by atoms with Gasteiger partial charge in [0.15, 0.2) is 0 Å². The lowest BCUT2D eigenvalue weighted by molar-refractivity contribution is -0.121. The zero-order chi connectivity index (χ0) is 15.0. The Morgan fingerprint density at radius 2 is 2.24 bits per heavy atom. The van der Waals surface area contributed by atoms with Gasteiger partial charge in [-0.15, -0.1) is 0 Å². The lowest BCUT2D eigenvalue weighted by Gasteiger charge is -2.47. The molecule has 5 heteroatoms. The fourth-order valence-electron chi connectivity index (χ4n) is 3.18. The van der Waals surface area contributed by atoms with Crippen molar-refractivity contribution < 1.29 is 14.6 Å². The van der Waals surface area contributed by atoms with Gasteiger partial charge in [-0.25, -0.2) is 4.98 Å². The highest BCUT2D eigenvalue weighted by atomic mass is 16.5. The number of pyridine rings is 1. The van der Waals surface area contributed by atoms with Gasteiger partial charge in [0, 0.05) is 12.5 Å². The molecule has 1 fully saturated rings. The molecule has 2 heterocycles. The maximum atomic E-state index is 12.2. The second kappa shape index (κ2) is 5.30. The third kappa shape index (κ3) is 2.75. The maximum Gasteiger partial charge on any atom is 0.228 e. The van der Waals surface area contributed by atoms with Gasteiger partial charge in [-0.1, -0.05) is 6.92 Å². The van der Waals surface area contributed by atoms with Gasteiger partial charge in [-0.3, -0.25) is 9.69 Å². The van der Waals surface area contributed by atoms with Gasteiger partial charge >= 0.3 is 0 Å². The van der Waals surface area contributed by atoms with Crippen molar-refractivity contribution in [1.29, 1.82) is 0 Å². The van der Waals surface area contributed by atoms with Crippen molar-refractivity contribution in [3.63, 3.8) is 0 Å². The third-order valence-electron chi connectivity index (χ3n) is 4.21. The summed E-state index contributed by atoms with van der Waals surface area (Å²) in [6.07, 6.45) is 5.10. The molecule has 0 saturated heterocycles. The van der Waals surface area contributed by atoms with Crippen LogP contribution in [-0.4, -0.2) is 34.2 Å². The second-order valence-electron chi connectivity index (χ2n) is 6.32. The van der Waals surface area contributed by atoms with Crippen molar-refractivity contribution in [1.82, 2.24) is 4.98 Å². The fraction of sp³-hybridized carbons (Fsp3) is 0.625. The van der Waals surface area contributed by atoms with Crippen LogP contribution in [0.5, 0.6) is 5.75 Å². The number of fused-ring (bicyclic) bond motifs is 1. The molecule has 2 aliphatic rings. The van der Waals surface area contributed by atoms with E-state index in [0.29, 0.717) is 32.3 Å². The van der Waals surface area contributed by atoms with Crippen LogP contribution in [-0.2, 0) is 11.2 Å². The van der Waals surface area contributed by atoms with E-state index in [-0.39, 0.29) is 11.9 Å². The molecule has 1 aliphatic heterocycles. The normalized spacial score (nSPS) is 28.0. The number of carbonyl (C=O) groups is 1. The van der Waals surface area contributed by atoms with E-state index in [0.717, 1.165) is 23.6 Å². The molecule has 1 aromatic heterocycles. The Balaban J connectivity index is 1.83. The van der Waals surface area contributed by atoms with Crippen LogP contribution in [0.25, 0.3) is 0 Å². The first-order valence-corrected chi connectivity index (χ1v) is 7.66. The summed E-state index contributed by atoms with van der Waals surface area (Å²) < 4.78 is 5.61. The standard InChI is InChI=1S/C16H22N2O3/c1-3-6-21-13-7-11-4-5-14(19)18(15(11)17-10-13)12-8-16(2,20)9-12/h7,10,12,20H,3-6,8-9H2,1-2H3/t12-,16-. The lowest BCUT2D eigenvalue weighted by Crippen LogP contribution is -2.57. The lowest BCUT2D eigenvalue weighted by atomic mass is 9.75. The van der Waals surface area contributed by atoms with Gasteiger partial charge < -0.3 is 9.84 Å². The molecule has 0 spiro atoms. The van der Waals surface area contributed by atoms with Crippen molar-refractivity contribution in [3.8, 4) is 5.75 Å². The van der Waals surface area contributed by atoms with Crippen LogP contribution in [0.2, 0.25) is 0 Å². The molecule has 0 bridgehead atoms.